The van der Waals surface area contributed by atoms with E-state index in [1.54, 1.807) is 25.1 Å². The van der Waals surface area contributed by atoms with Crippen molar-refractivity contribution in [2.75, 3.05) is 39.2 Å². The monoisotopic (exact) mass is 347 g/mol. The highest BCUT2D eigenvalue weighted by molar-refractivity contribution is 6.09. The molecule has 1 heterocycles. The van der Waals surface area contributed by atoms with Gasteiger partial charge in [0.2, 0.25) is 0 Å². The number of β-amino-alcohol motifs (C(OH)–C–C–N with tert-alkyl or cyclic N) is 1. The molecule has 0 saturated carbocycles. The van der Waals surface area contributed by atoms with Crippen LogP contribution in [0.5, 0.6) is 0 Å². The van der Waals surface area contributed by atoms with Crippen molar-refractivity contribution in [3.05, 3.63) is 40.6 Å². The number of aliphatic hydroxyl groups is 1. The Bertz CT molecular complexity index is 742. The lowest BCUT2D eigenvalue weighted by Gasteiger charge is -2.16. The van der Waals surface area contributed by atoms with E-state index in [9.17, 15) is 14.4 Å². The number of rotatable bonds is 6. The van der Waals surface area contributed by atoms with Crippen LogP contribution in [0.15, 0.2) is 29.5 Å². The number of anilines is 1. The summed E-state index contributed by atoms with van der Waals surface area (Å²) in [5.74, 6) is -1.27. The molecule has 1 aromatic rings. The third-order valence-corrected chi connectivity index (χ3v) is 4.02. The zero-order valence-corrected chi connectivity index (χ0v) is 14.4. The molecule has 0 unspecified atom stereocenters. The zero-order valence-electron chi connectivity index (χ0n) is 14.4. The first-order valence-electron chi connectivity index (χ1n) is 7.74. The maximum atomic E-state index is 12.5. The summed E-state index contributed by atoms with van der Waals surface area (Å²) in [6.45, 7) is 1.71. The summed E-state index contributed by atoms with van der Waals surface area (Å²) in [6.07, 6.45) is 0. The van der Waals surface area contributed by atoms with Gasteiger partial charge in [-0.2, -0.15) is 0 Å². The molecule has 0 aliphatic carbocycles. The number of aliphatic hydroxyl groups excluding tert-OH is 1. The van der Waals surface area contributed by atoms with Gasteiger partial charge in [-0.05, 0) is 24.6 Å². The lowest BCUT2D eigenvalue weighted by molar-refractivity contribution is -0.136. The lowest BCUT2D eigenvalue weighted by Crippen LogP contribution is -2.31. The van der Waals surface area contributed by atoms with Gasteiger partial charge in [0.1, 0.15) is 5.70 Å². The second kappa shape index (κ2) is 7.80. The molecule has 0 radical (unpaired) electrons. The van der Waals surface area contributed by atoms with Crippen molar-refractivity contribution in [2.45, 2.75) is 6.92 Å². The molecule has 0 aromatic heterocycles. The predicted molar refractivity (Wildman–Crippen MR) is 90.9 cm³/mol. The van der Waals surface area contributed by atoms with Gasteiger partial charge in [-0.15, -0.1) is 0 Å². The smallest absolute Gasteiger partial charge is 0.337 e. The predicted octanol–water partition coefficient (Wildman–Crippen LogP) is 0.0281. The summed E-state index contributed by atoms with van der Waals surface area (Å²) < 4.78 is 4.74. The molecular weight excluding hydrogens is 326 g/mol. The maximum absolute atomic E-state index is 12.5. The number of carbonyl (C=O) groups is 3. The minimum absolute atomic E-state index is 0.0581. The zero-order chi connectivity index (χ0) is 18.6. The minimum atomic E-state index is -0.614. The SMILES string of the molecule is CNC(=O)c1cccc(NC2=C(C(=O)OC)CN(CCO)C2=O)c1C. The normalized spacial score (nSPS) is 13.9. The summed E-state index contributed by atoms with van der Waals surface area (Å²) in [5.41, 5.74) is 1.93. The number of methoxy groups -OCH3 is 1. The first kappa shape index (κ1) is 18.5. The number of hydrogen-bond acceptors (Lipinski definition) is 6. The highest BCUT2D eigenvalue weighted by Gasteiger charge is 2.34. The van der Waals surface area contributed by atoms with Gasteiger partial charge in [-0.1, -0.05) is 6.07 Å². The number of carbonyl (C=O) groups excluding carboxylic acids is 3. The number of esters is 1. The fourth-order valence-corrected chi connectivity index (χ4v) is 2.64. The van der Waals surface area contributed by atoms with Crippen molar-refractivity contribution in [1.29, 1.82) is 0 Å². The number of nitrogens with one attached hydrogen (secondary N) is 2. The quantitative estimate of drug-likeness (QED) is 0.627. The largest absolute Gasteiger partial charge is 0.466 e. The molecule has 1 aliphatic rings. The summed E-state index contributed by atoms with van der Waals surface area (Å²) in [5, 5.41) is 14.6. The highest BCUT2D eigenvalue weighted by atomic mass is 16.5. The van der Waals surface area contributed by atoms with Gasteiger partial charge in [-0.25, -0.2) is 4.79 Å². The first-order valence-corrected chi connectivity index (χ1v) is 7.74. The van der Waals surface area contributed by atoms with E-state index >= 15 is 0 Å². The fraction of sp³-hybridized carbons (Fsp3) is 0.353. The molecule has 0 fully saturated rings. The molecule has 8 nitrogen and oxygen atoms in total. The molecule has 1 aliphatic heterocycles. The average molecular weight is 347 g/mol. The Hall–Kier alpha value is -2.87. The number of nitrogens with zero attached hydrogens (tertiary/aromatic N) is 1. The molecule has 2 amide bonds. The molecule has 0 atom stereocenters. The van der Waals surface area contributed by atoms with Gasteiger partial charge in [0.05, 0.1) is 25.8 Å². The summed E-state index contributed by atoms with van der Waals surface area (Å²) in [6, 6.07) is 5.07. The molecule has 1 aromatic carbocycles. The highest BCUT2D eigenvalue weighted by Crippen LogP contribution is 2.26. The standard InChI is InChI=1S/C17H21N3O5/c1-10-11(15(22)18-2)5-4-6-13(10)19-14-12(17(24)25-3)9-20(7-8-21)16(14)23/h4-6,19,21H,7-9H2,1-3H3,(H,18,22). The van der Waals surface area contributed by atoms with Crippen LogP contribution in [0.3, 0.4) is 0 Å². The third kappa shape index (κ3) is 3.63. The molecule has 25 heavy (non-hydrogen) atoms. The van der Waals surface area contributed by atoms with Crippen molar-refractivity contribution in [2.24, 2.45) is 0 Å². The number of benzene rings is 1. The molecule has 134 valence electrons. The van der Waals surface area contributed by atoms with E-state index in [0.717, 1.165) is 0 Å². The van der Waals surface area contributed by atoms with Gasteiger partial charge >= 0.3 is 5.97 Å². The van der Waals surface area contributed by atoms with Gasteiger partial charge in [0.25, 0.3) is 11.8 Å². The molecule has 0 saturated heterocycles. The molecule has 0 spiro atoms. The van der Waals surface area contributed by atoms with Crippen LogP contribution in [-0.2, 0) is 14.3 Å². The molecule has 3 N–H and O–H groups in total. The van der Waals surface area contributed by atoms with Crippen LogP contribution >= 0.6 is 0 Å². The fourth-order valence-electron chi connectivity index (χ4n) is 2.64. The van der Waals surface area contributed by atoms with E-state index in [2.05, 4.69) is 10.6 Å². The second-order valence-electron chi connectivity index (χ2n) is 5.48. The second-order valence-corrected chi connectivity index (χ2v) is 5.48. The topological polar surface area (TPSA) is 108 Å². The van der Waals surface area contributed by atoms with E-state index in [-0.39, 0.29) is 36.9 Å². The average Bonchev–Trinajstić information content (AvgIpc) is 2.92. The van der Waals surface area contributed by atoms with Gasteiger partial charge in [0.15, 0.2) is 0 Å². The van der Waals surface area contributed by atoms with Gasteiger partial charge in [-0.3, -0.25) is 9.59 Å². The summed E-state index contributed by atoms with van der Waals surface area (Å²) >= 11 is 0. The molecule has 0 bridgehead atoms. The first-order chi connectivity index (χ1) is 11.9. The van der Waals surface area contributed by atoms with Crippen LogP contribution in [0.1, 0.15) is 15.9 Å². The Kier molecular flexibility index (Phi) is 5.76. The Balaban J connectivity index is 2.40. The molecule has 8 heteroatoms. The minimum Gasteiger partial charge on any atom is -0.466 e. The van der Waals surface area contributed by atoms with Crippen LogP contribution in [0.4, 0.5) is 5.69 Å². The van der Waals surface area contributed by atoms with Crippen LogP contribution < -0.4 is 10.6 Å². The molecular formula is C17H21N3O5. The van der Waals surface area contributed by atoms with Crippen molar-refractivity contribution in [3.63, 3.8) is 0 Å². The van der Waals surface area contributed by atoms with E-state index in [1.807, 2.05) is 0 Å². The number of ether oxygens (including phenoxy) is 1. The van der Waals surface area contributed by atoms with E-state index in [1.165, 1.54) is 19.1 Å². The Morgan fingerprint density at radius 3 is 2.68 bits per heavy atom. The third-order valence-electron chi connectivity index (χ3n) is 4.02. The van der Waals surface area contributed by atoms with Crippen LogP contribution in [0.2, 0.25) is 0 Å². The Morgan fingerprint density at radius 2 is 2.08 bits per heavy atom. The summed E-state index contributed by atoms with van der Waals surface area (Å²) in [4.78, 5) is 37.8. The van der Waals surface area contributed by atoms with Crippen molar-refractivity contribution in [1.82, 2.24) is 10.2 Å². The van der Waals surface area contributed by atoms with Crippen LogP contribution in [-0.4, -0.2) is 61.6 Å². The Labute approximate surface area is 145 Å². The van der Waals surface area contributed by atoms with E-state index in [0.29, 0.717) is 16.8 Å². The van der Waals surface area contributed by atoms with E-state index in [4.69, 9.17) is 9.84 Å². The van der Waals surface area contributed by atoms with Gasteiger partial charge in [0, 0.05) is 24.8 Å². The van der Waals surface area contributed by atoms with Gasteiger partial charge < -0.3 is 25.4 Å². The summed E-state index contributed by atoms with van der Waals surface area (Å²) in [7, 11) is 2.77. The van der Waals surface area contributed by atoms with Crippen molar-refractivity contribution < 1.29 is 24.2 Å². The molecule has 2 rings (SSSR count). The maximum Gasteiger partial charge on any atom is 0.337 e. The van der Waals surface area contributed by atoms with E-state index < -0.39 is 11.9 Å². The van der Waals surface area contributed by atoms with Crippen LogP contribution in [0.25, 0.3) is 0 Å². The van der Waals surface area contributed by atoms with Crippen molar-refractivity contribution >= 4 is 23.5 Å². The Morgan fingerprint density at radius 1 is 1.36 bits per heavy atom. The van der Waals surface area contributed by atoms with Crippen molar-refractivity contribution in [3.8, 4) is 0 Å². The number of amides is 2. The lowest BCUT2D eigenvalue weighted by atomic mass is 10.1. The van der Waals surface area contributed by atoms with Crippen LogP contribution in [0, 0.1) is 6.92 Å². The number of hydrogen-bond donors (Lipinski definition) is 3.